The second-order valence-electron chi connectivity index (χ2n) is 8.79. The van der Waals surface area contributed by atoms with Gasteiger partial charge in [0.15, 0.2) is 5.78 Å². The molecule has 0 saturated carbocycles. The van der Waals surface area contributed by atoms with E-state index in [0.717, 1.165) is 41.4 Å². The Bertz CT molecular complexity index is 1140. The molecule has 1 saturated heterocycles. The predicted octanol–water partition coefficient (Wildman–Crippen LogP) is 4.76. The lowest BCUT2D eigenvalue weighted by Gasteiger charge is -2.26. The largest absolute Gasteiger partial charge is 0.406 e. The number of carbonyl (C=O) groups excluding carboxylic acids is 1. The maximum absolute atomic E-state index is 11.9. The molecule has 2 aromatic carbocycles. The number of aromatic nitrogens is 2. The fourth-order valence-corrected chi connectivity index (χ4v) is 3.73. The van der Waals surface area contributed by atoms with Crippen LogP contribution in [0, 0.1) is 0 Å². The normalized spacial score (nSPS) is 14.8. The summed E-state index contributed by atoms with van der Waals surface area (Å²) in [6.45, 7) is 8.55. The molecule has 7 nitrogen and oxygen atoms in total. The average molecular weight is 484 g/mol. The summed E-state index contributed by atoms with van der Waals surface area (Å²) in [4.78, 5) is 17.9. The van der Waals surface area contributed by atoms with Crippen molar-refractivity contribution in [1.82, 2.24) is 14.8 Å². The van der Waals surface area contributed by atoms with Gasteiger partial charge in [0.2, 0.25) is 0 Å². The van der Waals surface area contributed by atoms with Gasteiger partial charge in [0.1, 0.15) is 11.4 Å². The van der Waals surface area contributed by atoms with Crippen LogP contribution in [0.15, 0.2) is 54.6 Å². The summed E-state index contributed by atoms with van der Waals surface area (Å²) in [6.07, 6.45) is 0. The molecule has 0 atom stereocenters. The summed E-state index contributed by atoms with van der Waals surface area (Å²) in [5.74, 6) is 0.719. The van der Waals surface area contributed by atoms with Crippen LogP contribution in [0.5, 0.6) is 5.75 Å². The third kappa shape index (κ3) is 6.04. The summed E-state index contributed by atoms with van der Waals surface area (Å²) >= 11 is 6.43. The Hall–Kier alpha value is -2.71. The monoisotopic (exact) mass is 483 g/mol. The molecule has 1 aliphatic rings. The Morgan fingerprint density at radius 1 is 1.12 bits per heavy atom. The Morgan fingerprint density at radius 3 is 2.62 bits per heavy atom. The molecule has 180 valence electrons. The highest BCUT2D eigenvalue weighted by Crippen LogP contribution is 2.28. The maximum atomic E-state index is 11.9. The quantitative estimate of drug-likeness (QED) is 0.437. The van der Waals surface area contributed by atoms with E-state index in [1.807, 2.05) is 64.3 Å². The van der Waals surface area contributed by atoms with E-state index in [0.29, 0.717) is 24.8 Å². The van der Waals surface area contributed by atoms with E-state index in [4.69, 9.17) is 31.0 Å². The van der Waals surface area contributed by atoms with E-state index >= 15 is 0 Å². The number of hydrogen-bond donors (Lipinski definition) is 0. The Kier molecular flexibility index (Phi) is 7.68. The molecule has 0 N–H and O–H groups in total. The van der Waals surface area contributed by atoms with E-state index in [9.17, 15) is 4.79 Å². The smallest absolute Gasteiger partial charge is 0.161 e. The first kappa shape index (κ1) is 24.4. The number of Topliss-reactive ketones (excluding diaryl/α,β-unsaturated/α-hetero) is 1. The highest BCUT2D eigenvalue weighted by Gasteiger charge is 2.25. The fraction of sp³-hybridized carbons (Fsp3) is 0.385. The predicted molar refractivity (Wildman–Crippen MR) is 131 cm³/mol. The lowest BCUT2D eigenvalue weighted by atomic mass is 10.1. The van der Waals surface area contributed by atoms with Gasteiger partial charge in [0.25, 0.3) is 0 Å². The van der Waals surface area contributed by atoms with Crippen molar-refractivity contribution in [2.45, 2.75) is 39.5 Å². The minimum absolute atomic E-state index is 0.0313. The second kappa shape index (κ2) is 10.7. The van der Waals surface area contributed by atoms with Crippen LogP contribution in [-0.2, 0) is 27.4 Å². The van der Waals surface area contributed by atoms with Gasteiger partial charge in [0, 0.05) is 10.6 Å². The van der Waals surface area contributed by atoms with Crippen molar-refractivity contribution >= 4 is 17.4 Å². The zero-order valence-electron chi connectivity index (χ0n) is 19.8. The first-order valence-electron chi connectivity index (χ1n) is 11.4. The van der Waals surface area contributed by atoms with E-state index in [1.165, 1.54) is 6.92 Å². The minimum Gasteiger partial charge on any atom is -0.406 e. The zero-order valence-corrected chi connectivity index (χ0v) is 20.5. The van der Waals surface area contributed by atoms with Gasteiger partial charge in [-0.3, -0.25) is 9.48 Å². The molecule has 2 heterocycles. The molecule has 0 aliphatic carbocycles. The Morgan fingerprint density at radius 2 is 1.88 bits per heavy atom. The molecule has 4 rings (SSSR count). The van der Waals surface area contributed by atoms with Crippen LogP contribution in [0.1, 0.15) is 32.0 Å². The number of ether oxygens (including phenoxy) is 2. The van der Waals surface area contributed by atoms with E-state index in [2.05, 4.69) is 0 Å². The SMILES string of the molecule is CC(=O)C(C)(C)OCc1cc(-c2cccc(ON3CCOCC3)c2)n(Cc2ccccc2Cl)n1. The molecule has 3 aromatic rings. The van der Waals surface area contributed by atoms with Crippen molar-refractivity contribution in [3.05, 3.63) is 70.9 Å². The number of carbonyl (C=O) groups is 1. The third-order valence-corrected chi connectivity index (χ3v) is 6.24. The zero-order chi connectivity index (χ0) is 24.1. The highest BCUT2D eigenvalue weighted by molar-refractivity contribution is 6.31. The van der Waals surface area contributed by atoms with Gasteiger partial charge in [-0.1, -0.05) is 41.9 Å². The van der Waals surface area contributed by atoms with Crippen molar-refractivity contribution in [3.63, 3.8) is 0 Å². The van der Waals surface area contributed by atoms with Crippen LogP contribution in [-0.4, -0.2) is 52.5 Å². The lowest BCUT2D eigenvalue weighted by molar-refractivity contribution is -0.139. The number of nitrogens with zero attached hydrogens (tertiary/aromatic N) is 3. The Labute approximate surface area is 205 Å². The fourth-order valence-electron chi connectivity index (χ4n) is 3.54. The summed E-state index contributed by atoms with van der Waals surface area (Å²) in [5.41, 5.74) is 2.69. The van der Waals surface area contributed by atoms with Crippen LogP contribution >= 0.6 is 11.6 Å². The summed E-state index contributed by atoms with van der Waals surface area (Å²) in [5, 5.41) is 7.38. The number of ketones is 1. The van der Waals surface area contributed by atoms with Gasteiger partial charge in [-0.2, -0.15) is 5.10 Å². The van der Waals surface area contributed by atoms with Gasteiger partial charge in [-0.05, 0) is 50.6 Å². The van der Waals surface area contributed by atoms with E-state index < -0.39 is 5.60 Å². The first-order valence-corrected chi connectivity index (χ1v) is 11.8. The molecule has 0 spiro atoms. The van der Waals surface area contributed by atoms with E-state index in [-0.39, 0.29) is 12.4 Å². The molecule has 0 amide bonds. The molecular weight excluding hydrogens is 454 g/mol. The third-order valence-electron chi connectivity index (χ3n) is 5.87. The maximum Gasteiger partial charge on any atom is 0.161 e. The van der Waals surface area contributed by atoms with Crippen molar-refractivity contribution in [2.24, 2.45) is 0 Å². The topological polar surface area (TPSA) is 65.8 Å². The van der Waals surface area contributed by atoms with Crippen molar-refractivity contribution in [1.29, 1.82) is 0 Å². The number of hydrogen-bond acceptors (Lipinski definition) is 6. The van der Waals surface area contributed by atoms with Crippen molar-refractivity contribution < 1.29 is 19.1 Å². The Balaban J connectivity index is 1.63. The molecule has 34 heavy (non-hydrogen) atoms. The molecule has 1 aromatic heterocycles. The summed E-state index contributed by atoms with van der Waals surface area (Å²) < 4.78 is 13.2. The van der Waals surface area contributed by atoms with Crippen LogP contribution in [0.4, 0.5) is 0 Å². The standard InChI is InChI=1S/C26H30ClN3O4/c1-19(31)26(2,3)33-18-22-16-25(30(28-22)17-21-7-4-5-10-24(21)27)20-8-6-9-23(15-20)34-29-11-13-32-14-12-29/h4-10,15-16H,11-14,17-18H2,1-3H3. The number of benzene rings is 2. The minimum atomic E-state index is -0.876. The van der Waals surface area contributed by atoms with Crippen LogP contribution in [0.3, 0.4) is 0 Å². The first-order chi connectivity index (χ1) is 16.3. The lowest BCUT2D eigenvalue weighted by Crippen LogP contribution is -2.38. The molecule has 0 bridgehead atoms. The van der Waals surface area contributed by atoms with E-state index in [1.54, 1.807) is 13.8 Å². The average Bonchev–Trinajstić information content (AvgIpc) is 3.23. The number of rotatable bonds is 9. The summed E-state index contributed by atoms with van der Waals surface area (Å²) in [7, 11) is 0. The van der Waals surface area contributed by atoms with Gasteiger partial charge in [-0.25, -0.2) is 0 Å². The van der Waals surface area contributed by atoms with Gasteiger partial charge in [0.05, 0.1) is 50.8 Å². The second-order valence-corrected chi connectivity index (χ2v) is 9.19. The molecule has 0 radical (unpaired) electrons. The molecule has 8 heteroatoms. The van der Waals surface area contributed by atoms with Gasteiger partial charge in [-0.15, -0.1) is 5.06 Å². The van der Waals surface area contributed by atoms with Crippen LogP contribution in [0.25, 0.3) is 11.3 Å². The van der Waals surface area contributed by atoms with Gasteiger partial charge < -0.3 is 14.3 Å². The number of halogens is 1. The van der Waals surface area contributed by atoms with Gasteiger partial charge >= 0.3 is 0 Å². The van der Waals surface area contributed by atoms with Crippen LogP contribution < -0.4 is 4.84 Å². The number of morpholine rings is 1. The van der Waals surface area contributed by atoms with Crippen LogP contribution in [0.2, 0.25) is 5.02 Å². The number of hydroxylamine groups is 2. The molecule has 1 fully saturated rings. The molecule has 0 unspecified atom stereocenters. The molecular formula is C26H30ClN3O4. The van der Waals surface area contributed by atoms with Crippen molar-refractivity contribution in [3.8, 4) is 17.0 Å². The molecule has 1 aliphatic heterocycles. The van der Waals surface area contributed by atoms with Crippen molar-refractivity contribution in [2.75, 3.05) is 26.3 Å². The highest BCUT2D eigenvalue weighted by atomic mass is 35.5. The summed E-state index contributed by atoms with van der Waals surface area (Å²) in [6, 6.07) is 17.6.